The summed E-state index contributed by atoms with van der Waals surface area (Å²) in [6, 6.07) is 17.7. The molecular weight excluding hydrogens is 541 g/mol. The van der Waals surface area contributed by atoms with Gasteiger partial charge >= 0.3 is 6.18 Å². The third kappa shape index (κ3) is 5.06. The molecule has 0 aliphatic carbocycles. The molecule has 7 nitrogen and oxygen atoms in total. The molecule has 2 aliphatic rings. The molecule has 2 aliphatic heterocycles. The molecule has 0 bridgehead atoms. The van der Waals surface area contributed by atoms with Crippen LogP contribution in [0.5, 0.6) is 0 Å². The fourth-order valence-electron chi connectivity index (χ4n) is 4.98. The van der Waals surface area contributed by atoms with Crippen molar-refractivity contribution in [3.05, 3.63) is 106 Å². The second kappa shape index (κ2) is 10.3. The summed E-state index contributed by atoms with van der Waals surface area (Å²) < 4.78 is 41.7. The van der Waals surface area contributed by atoms with Crippen LogP contribution in [0.2, 0.25) is 5.02 Å². The Kier molecular flexibility index (Phi) is 6.79. The molecule has 4 N–H and O–H groups in total. The van der Waals surface area contributed by atoms with Gasteiger partial charge in [0.1, 0.15) is 6.23 Å². The van der Waals surface area contributed by atoms with Crippen molar-refractivity contribution in [2.24, 2.45) is 10.7 Å². The van der Waals surface area contributed by atoms with Crippen molar-refractivity contribution in [3.8, 4) is 11.3 Å². The molecule has 4 aromatic rings. The number of hydrogen-bond acceptors (Lipinski definition) is 7. The highest BCUT2D eigenvalue weighted by atomic mass is 35.5. The van der Waals surface area contributed by atoms with E-state index in [1.54, 1.807) is 30.5 Å². The van der Waals surface area contributed by atoms with Crippen LogP contribution in [0.4, 0.5) is 24.8 Å². The van der Waals surface area contributed by atoms with Gasteiger partial charge in [-0.2, -0.15) is 13.2 Å². The van der Waals surface area contributed by atoms with Gasteiger partial charge in [0.25, 0.3) is 0 Å². The number of rotatable bonds is 5. The van der Waals surface area contributed by atoms with E-state index in [0.717, 1.165) is 11.6 Å². The first kappa shape index (κ1) is 26.4. The lowest BCUT2D eigenvalue weighted by Gasteiger charge is -2.40. The van der Waals surface area contributed by atoms with E-state index in [1.165, 1.54) is 12.1 Å². The van der Waals surface area contributed by atoms with Crippen LogP contribution in [0.3, 0.4) is 0 Å². The highest BCUT2D eigenvalue weighted by molar-refractivity contribution is 6.31. The zero-order chi connectivity index (χ0) is 28.0. The monoisotopic (exact) mass is 564 g/mol. The molecule has 0 spiro atoms. The number of aliphatic hydroxyl groups excluding tert-OH is 1. The van der Waals surface area contributed by atoms with Gasteiger partial charge in [0.05, 0.1) is 23.5 Å². The van der Waals surface area contributed by atoms with Crippen molar-refractivity contribution in [1.29, 1.82) is 0 Å². The van der Waals surface area contributed by atoms with Crippen LogP contribution >= 0.6 is 11.6 Å². The summed E-state index contributed by atoms with van der Waals surface area (Å²) in [4.78, 5) is 15.6. The van der Waals surface area contributed by atoms with Gasteiger partial charge in [-0.05, 0) is 35.9 Å². The van der Waals surface area contributed by atoms with Gasteiger partial charge in [-0.15, -0.1) is 0 Å². The van der Waals surface area contributed by atoms with Crippen molar-refractivity contribution in [1.82, 2.24) is 14.9 Å². The normalized spacial score (nSPS) is 16.3. The van der Waals surface area contributed by atoms with Crippen molar-refractivity contribution in [2.45, 2.75) is 25.0 Å². The predicted molar refractivity (Wildman–Crippen MR) is 147 cm³/mol. The number of aliphatic imine (C=N–C) groups is 1. The van der Waals surface area contributed by atoms with E-state index in [4.69, 9.17) is 22.3 Å². The molecule has 3 heterocycles. The standard InChI is InChI=1S/C29H24ClF3N6O/c30-18-7-10-21-23(11-18)26(22-3-1-2-4-24(22)29(31,32)33)35-12-17-13-36-28(38-25(17)21)37-20-8-5-16(6-9-20)27(40)39-14-19(34)15-39/h1-11,13,19,27,40H,12,14-15,34H2,(H,36,37,38). The number of alkyl halides is 3. The molecule has 3 aromatic carbocycles. The summed E-state index contributed by atoms with van der Waals surface area (Å²) in [5, 5.41) is 14.1. The van der Waals surface area contributed by atoms with Crippen molar-refractivity contribution >= 4 is 28.9 Å². The molecule has 1 atom stereocenters. The fourth-order valence-corrected chi connectivity index (χ4v) is 5.15. The van der Waals surface area contributed by atoms with Gasteiger partial charge in [0.2, 0.25) is 5.95 Å². The average molecular weight is 565 g/mol. The minimum Gasteiger partial charge on any atom is -0.374 e. The zero-order valence-corrected chi connectivity index (χ0v) is 21.8. The first-order chi connectivity index (χ1) is 19.2. The SMILES string of the molecule is NC1CN(C(O)c2ccc(Nc3ncc4c(n3)-c3ccc(Cl)cc3C(c3ccccc3C(F)(F)F)=NC4)cc2)C1. The Hall–Kier alpha value is -3.83. The summed E-state index contributed by atoms with van der Waals surface area (Å²) in [6.07, 6.45) is -3.66. The Bertz CT molecular complexity index is 1600. The number of anilines is 2. The molecule has 40 heavy (non-hydrogen) atoms. The van der Waals surface area contributed by atoms with Gasteiger partial charge in [0, 0.05) is 58.3 Å². The maximum absolute atomic E-state index is 13.9. The fraction of sp³-hybridized carbons (Fsp3) is 0.207. The number of hydrogen-bond donors (Lipinski definition) is 3. The Morgan fingerprint density at radius 2 is 1.75 bits per heavy atom. The average Bonchev–Trinajstić information content (AvgIpc) is 3.07. The molecule has 1 aromatic heterocycles. The minimum absolute atomic E-state index is 0.0277. The number of nitrogens with two attached hydrogens (primary N) is 1. The molecule has 0 radical (unpaired) electrons. The van der Waals surface area contributed by atoms with E-state index in [-0.39, 0.29) is 23.9 Å². The molecule has 1 unspecified atom stereocenters. The lowest BCUT2D eigenvalue weighted by Crippen LogP contribution is -2.56. The molecular formula is C29H24ClF3N6O. The Morgan fingerprint density at radius 1 is 1.00 bits per heavy atom. The largest absolute Gasteiger partial charge is 0.417 e. The first-order valence-electron chi connectivity index (χ1n) is 12.6. The molecule has 0 saturated carbocycles. The predicted octanol–water partition coefficient (Wildman–Crippen LogP) is 5.54. The summed E-state index contributed by atoms with van der Waals surface area (Å²) in [6.45, 7) is 1.38. The molecule has 11 heteroatoms. The number of fused-ring (bicyclic) bond motifs is 3. The van der Waals surface area contributed by atoms with Crippen molar-refractivity contribution in [3.63, 3.8) is 0 Å². The second-order valence-electron chi connectivity index (χ2n) is 9.80. The van der Waals surface area contributed by atoms with Crippen LogP contribution in [0, 0.1) is 0 Å². The third-order valence-electron chi connectivity index (χ3n) is 7.00. The number of aliphatic hydroxyl groups is 1. The van der Waals surface area contributed by atoms with Crippen LogP contribution in [-0.2, 0) is 12.7 Å². The van der Waals surface area contributed by atoms with E-state index >= 15 is 0 Å². The van der Waals surface area contributed by atoms with Crippen LogP contribution in [0.25, 0.3) is 11.3 Å². The third-order valence-corrected chi connectivity index (χ3v) is 7.24. The second-order valence-corrected chi connectivity index (χ2v) is 10.2. The van der Waals surface area contributed by atoms with Crippen molar-refractivity contribution < 1.29 is 18.3 Å². The summed E-state index contributed by atoms with van der Waals surface area (Å²) in [5.74, 6) is 0.306. The van der Waals surface area contributed by atoms with E-state index in [0.29, 0.717) is 52.1 Å². The highest BCUT2D eigenvalue weighted by Crippen LogP contribution is 2.38. The van der Waals surface area contributed by atoms with E-state index < -0.39 is 18.0 Å². The number of benzene rings is 3. The number of halogens is 4. The molecule has 0 amide bonds. The van der Waals surface area contributed by atoms with Crippen LogP contribution < -0.4 is 11.1 Å². The topological polar surface area (TPSA) is 99.7 Å². The Balaban J connectivity index is 1.33. The van der Waals surface area contributed by atoms with Crippen molar-refractivity contribution in [2.75, 3.05) is 18.4 Å². The summed E-state index contributed by atoms with van der Waals surface area (Å²) >= 11 is 6.30. The lowest BCUT2D eigenvalue weighted by molar-refractivity contribution is -0.137. The Labute approximate surface area is 233 Å². The summed E-state index contributed by atoms with van der Waals surface area (Å²) in [7, 11) is 0. The zero-order valence-electron chi connectivity index (χ0n) is 21.0. The maximum atomic E-state index is 13.9. The number of aromatic nitrogens is 2. The number of likely N-dealkylation sites (tertiary alicyclic amines) is 1. The number of nitrogens with zero attached hydrogens (tertiary/aromatic N) is 4. The molecule has 1 saturated heterocycles. The van der Waals surface area contributed by atoms with E-state index in [1.807, 2.05) is 29.2 Å². The van der Waals surface area contributed by atoms with Gasteiger partial charge in [-0.3, -0.25) is 9.89 Å². The quantitative estimate of drug-likeness (QED) is 0.294. The van der Waals surface area contributed by atoms with E-state index in [9.17, 15) is 18.3 Å². The first-order valence-corrected chi connectivity index (χ1v) is 13.0. The van der Waals surface area contributed by atoms with Gasteiger partial charge < -0.3 is 16.2 Å². The van der Waals surface area contributed by atoms with Crippen LogP contribution in [-0.4, -0.2) is 44.8 Å². The van der Waals surface area contributed by atoms with Gasteiger partial charge in [0.15, 0.2) is 0 Å². The molecule has 204 valence electrons. The van der Waals surface area contributed by atoms with Crippen LogP contribution in [0.1, 0.15) is 34.0 Å². The highest BCUT2D eigenvalue weighted by Gasteiger charge is 2.35. The van der Waals surface area contributed by atoms with Gasteiger partial charge in [-0.1, -0.05) is 48.0 Å². The minimum atomic E-state index is -4.55. The Morgan fingerprint density at radius 3 is 2.48 bits per heavy atom. The van der Waals surface area contributed by atoms with Gasteiger partial charge in [-0.25, -0.2) is 9.97 Å². The molecule has 1 fully saturated rings. The number of nitrogens with one attached hydrogen (secondary N) is 1. The van der Waals surface area contributed by atoms with E-state index in [2.05, 4.69) is 15.3 Å². The summed E-state index contributed by atoms with van der Waals surface area (Å²) in [5.41, 5.74) is 8.93. The smallest absolute Gasteiger partial charge is 0.374 e. The lowest BCUT2D eigenvalue weighted by atomic mass is 9.92. The molecule has 6 rings (SSSR count). The van der Waals surface area contributed by atoms with Crippen LogP contribution in [0.15, 0.2) is 77.9 Å². The maximum Gasteiger partial charge on any atom is 0.417 e.